The Morgan fingerprint density at radius 2 is 2.00 bits per heavy atom. The molecule has 0 aromatic heterocycles. The third-order valence-corrected chi connectivity index (χ3v) is 3.73. The second-order valence-corrected chi connectivity index (χ2v) is 4.67. The average Bonchev–Trinajstić information content (AvgIpc) is 2.75. The molecule has 1 fully saturated rings. The summed E-state index contributed by atoms with van der Waals surface area (Å²) < 4.78 is 0. The molecule has 3 heteroatoms. The summed E-state index contributed by atoms with van der Waals surface area (Å²) in [6, 6.07) is 0.788. The lowest BCUT2D eigenvalue weighted by Gasteiger charge is -2.27. The van der Waals surface area contributed by atoms with Crippen molar-refractivity contribution in [3.05, 3.63) is 0 Å². The molecule has 1 N–H and O–H groups in total. The van der Waals surface area contributed by atoms with Crippen LogP contribution in [0.5, 0.6) is 0 Å². The minimum absolute atomic E-state index is 0.788. The van der Waals surface area contributed by atoms with Gasteiger partial charge in [-0.15, -0.1) is 0 Å². The Kier molecular flexibility index (Phi) is 7.01. The summed E-state index contributed by atoms with van der Waals surface area (Å²) in [7, 11) is 0. The molecule has 0 spiro atoms. The molecule has 1 atom stereocenters. The molecule has 1 unspecified atom stereocenters. The second-order valence-electron chi connectivity index (χ2n) is 4.67. The van der Waals surface area contributed by atoms with Crippen molar-refractivity contribution in [3.63, 3.8) is 0 Å². The summed E-state index contributed by atoms with van der Waals surface area (Å²) in [6.07, 6.45) is 2.76. The van der Waals surface area contributed by atoms with E-state index in [0.717, 1.165) is 12.6 Å². The Hall–Kier alpha value is -0.120. The van der Waals surface area contributed by atoms with Gasteiger partial charge in [0.25, 0.3) is 0 Å². The molecule has 3 nitrogen and oxygen atoms in total. The van der Waals surface area contributed by atoms with Crippen LogP contribution in [0.15, 0.2) is 0 Å². The van der Waals surface area contributed by atoms with Gasteiger partial charge in [0.1, 0.15) is 0 Å². The third kappa shape index (κ3) is 4.40. The fraction of sp³-hybridized carbons (Fsp3) is 1.00. The van der Waals surface area contributed by atoms with Gasteiger partial charge < -0.3 is 10.2 Å². The van der Waals surface area contributed by atoms with E-state index in [-0.39, 0.29) is 0 Å². The van der Waals surface area contributed by atoms with E-state index >= 15 is 0 Å². The average molecular weight is 227 g/mol. The van der Waals surface area contributed by atoms with Crippen molar-refractivity contribution in [2.24, 2.45) is 0 Å². The number of likely N-dealkylation sites (tertiary alicyclic amines) is 1. The molecule has 1 saturated heterocycles. The fourth-order valence-electron chi connectivity index (χ4n) is 2.54. The van der Waals surface area contributed by atoms with Crippen LogP contribution in [0.4, 0.5) is 0 Å². The predicted molar refractivity (Wildman–Crippen MR) is 70.9 cm³/mol. The normalized spacial score (nSPS) is 22.1. The molecule has 16 heavy (non-hydrogen) atoms. The first-order chi connectivity index (χ1) is 7.81. The van der Waals surface area contributed by atoms with Gasteiger partial charge >= 0.3 is 0 Å². The summed E-state index contributed by atoms with van der Waals surface area (Å²) >= 11 is 0. The molecule has 96 valence electrons. The van der Waals surface area contributed by atoms with Crippen LogP contribution in [0, 0.1) is 0 Å². The standard InChI is InChI=1S/C13H29N3/c1-4-14-12-13-8-7-9-16(13)11-10-15(5-2)6-3/h13-14H,4-12H2,1-3H3. The maximum atomic E-state index is 3.48. The van der Waals surface area contributed by atoms with Crippen LogP contribution in [0.25, 0.3) is 0 Å². The molecule has 1 rings (SSSR count). The number of rotatable bonds is 8. The molecule has 1 aliphatic rings. The van der Waals surface area contributed by atoms with Crippen LogP contribution in [0.1, 0.15) is 33.6 Å². The zero-order valence-corrected chi connectivity index (χ0v) is 11.3. The quantitative estimate of drug-likeness (QED) is 0.676. The molecule has 1 aliphatic heterocycles. The summed E-state index contributed by atoms with van der Waals surface area (Å²) in [5, 5.41) is 3.48. The highest BCUT2D eigenvalue weighted by molar-refractivity contribution is 4.81. The van der Waals surface area contributed by atoms with Crippen molar-refractivity contribution in [2.75, 3.05) is 45.8 Å². The Balaban J connectivity index is 2.23. The largest absolute Gasteiger partial charge is 0.315 e. The maximum Gasteiger partial charge on any atom is 0.0221 e. The predicted octanol–water partition coefficient (Wildman–Crippen LogP) is 1.40. The van der Waals surface area contributed by atoms with Crippen LogP contribution in [-0.4, -0.2) is 61.7 Å². The van der Waals surface area contributed by atoms with Gasteiger partial charge in [0.15, 0.2) is 0 Å². The SMILES string of the molecule is CCNCC1CCCN1CCN(CC)CC. The van der Waals surface area contributed by atoms with Gasteiger partial charge in [-0.05, 0) is 39.0 Å². The minimum atomic E-state index is 0.788. The lowest BCUT2D eigenvalue weighted by atomic mass is 10.2. The van der Waals surface area contributed by atoms with E-state index in [9.17, 15) is 0 Å². The Bertz CT molecular complexity index is 169. The molecule has 1 heterocycles. The number of hydrogen-bond acceptors (Lipinski definition) is 3. The van der Waals surface area contributed by atoms with E-state index in [1.165, 1.54) is 52.1 Å². The molecule has 0 bridgehead atoms. The lowest BCUT2D eigenvalue weighted by molar-refractivity contribution is 0.200. The number of nitrogens with one attached hydrogen (secondary N) is 1. The van der Waals surface area contributed by atoms with Gasteiger partial charge in [-0.2, -0.15) is 0 Å². The van der Waals surface area contributed by atoms with E-state index in [1.54, 1.807) is 0 Å². The van der Waals surface area contributed by atoms with Gasteiger partial charge in [-0.1, -0.05) is 20.8 Å². The van der Waals surface area contributed by atoms with Crippen LogP contribution in [0.2, 0.25) is 0 Å². The fourth-order valence-corrected chi connectivity index (χ4v) is 2.54. The minimum Gasteiger partial charge on any atom is -0.315 e. The van der Waals surface area contributed by atoms with E-state index in [1.807, 2.05) is 0 Å². The molecule has 0 aromatic rings. The monoisotopic (exact) mass is 227 g/mol. The van der Waals surface area contributed by atoms with Gasteiger partial charge in [-0.3, -0.25) is 4.90 Å². The highest BCUT2D eigenvalue weighted by Crippen LogP contribution is 2.15. The first-order valence-electron chi connectivity index (χ1n) is 6.98. The lowest BCUT2D eigenvalue weighted by Crippen LogP contribution is -2.42. The Morgan fingerprint density at radius 3 is 2.62 bits per heavy atom. The van der Waals surface area contributed by atoms with Crippen LogP contribution in [0.3, 0.4) is 0 Å². The van der Waals surface area contributed by atoms with E-state index in [0.29, 0.717) is 0 Å². The summed E-state index contributed by atoms with van der Waals surface area (Å²) in [5.74, 6) is 0. The molecule has 0 aliphatic carbocycles. The van der Waals surface area contributed by atoms with Gasteiger partial charge in [0.2, 0.25) is 0 Å². The molecular weight excluding hydrogens is 198 g/mol. The van der Waals surface area contributed by atoms with Crippen LogP contribution < -0.4 is 5.32 Å². The van der Waals surface area contributed by atoms with Gasteiger partial charge in [-0.25, -0.2) is 0 Å². The molecular formula is C13H29N3. The molecule has 0 saturated carbocycles. The molecule has 0 amide bonds. The van der Waals surface area contributed by atoms with Crippen molar-refractivity contribution < 1.29 is 0 Å². The van der Waals surface area contributed by atoms with Crippen molar-refractivity contribution in [2.45, 2.75) is 39.7 Å². The van der Waals surface area contributed by atoms with Crippen molar-refractivity contribution >= 4 is 0 Å². The second kappa shape index (κ2) is 8.04. The van der Waals surface area contributed by atoms with Crippen molar-refractivity contribution in [1.29, 1.82) is 0 Å². The van der Waals surface area contributed by atoms with Gasteiger partial charge in [0, 0.05) is 25.7 Å². The topological polar surface area (TPSA) is 18.5 Å². The van der Waals surface area contributed by atoms with Crippen molar-refractivity contribution in [3.8, 4) is 0 Å². The third-order valence-electron chi connectivity index (χ3n) is 3.73. The van der Waals surface area contributed by atoms with Gasteiger partial charge in [0.05, 0.1) is 0 Å². The summed E-state index contributed by atoms with van der Waals surface area (Å²) in [4.78, 5) is 5.18. The number of nitrogens with zero attached hydrogens (tertiary/aromatic N) is 2. The van der Waals surface area contributed by atoms with Crippen LogP contribution >= 0.6 is 0 Å². The van der Waals surface area contributed by atoms with Crippen LogP contribution in [-0.2, 0) is 0 Å². The summed E-state index contributed by atoms with van der Waals surface area (Å²) in [5.41, 5.74) is 0. The first kappa shape index (κ1) is 13.9. The highest BCUT2D eigenvalue weighted by Gasteiger charge is 2.23. The zero-order valence-electron chi connectivity index (χ0n) is 11.3. The first-order valence-corrected chi connectivity index (χ1v) is 6.98. The summed E-state index contributed by atoms with van der Waals surface area (Å²) in [6.45, 7) is 15.1. The molecule has 0 radical (unpaired) electrons. The molecule has 0 aromatic carbocycles. The van der Waals surface area contributed by atoms with E-state index in [2.05, 4.69) is 35.9 Å². The Morgan fingerprint density at radius 1 is 1.25 bits per heavy atom. The van der Waals surface area contributed by atoms with E-state index < -0.39 is 0 Å². The number of hydrogen-bond donors (Lipinski definition) is 1. The maximum absolute atomic E-state index is 3.48. The van der Waals surface area contributed by atoms with E-state index in [4.69, 9.17) is 0 Å². The van der Waals surface area contributed by atoms with Crippen molar-refractivity contribution in [1.82, 2.24) is 15.1 Å². The zero-order chi connectivity index (χ0) is 11.8. The number of likely N-dealkylation sites (N-methyl/N-ethyl adjacent to an activating group) is 2. The smallest absolute Gasteiger partial charge is 0.0221 e. The Labute approximate surface area is 101 Å². The highest BCUT2D eigenvalue weighted by atomic mass is 15.2.